The van der Waals surface area contributed by atoms with Crippen LogP contribution in [0.4, 0.5) is 0 Å². The van der Waals surface area contributed by atoms with E-state index in [0.29, 0.717) is 19.3 Å². The number of hydrogen-bond donors (Lipinski definition) is 2. The summed E-state index contributed by atoms with van der Waals surface area (Å²) in [7, 11) is 0. The van der Waals surface area contributed by atoms with Crippen LogP contribution in [-0.4, -0.2) is 69.0 Å². The molecule has 0 aliphatic carbocycles. The fourth-order valence-electron chi connectivity index (χ4n) is 3.09. The maximum absolute atomic E-state index is 10.4. The number of fused-ring (bicyclic) bond motifs is 1. The molecule has 0 radical (unpaired) electrons. The van der Waals surface area contributed by atoms with E-state index in [1.54, 1.807) is 24.8 Å². The van der Waals surface area contributed by atoms with Crippen molar-refractivity contribution in [2.45, 2.75) is 43.2 Å². The fraction of sp³-hybridized carbons (Fsp3) is 0.500. The maximum atomic E-state index is 10.4. The number of hydrogen-bond acceptors (Lipinski definition) is 9. The largest absolute Gasteiger partial charge is 0.388 e. The molecule has 0 spiro atoms. The second kappa shape index (κ2) is 12.8. The number of nitrogens with zero attached hydrogens (tertiary/aromatic N) is 3. The topological polar surface area (TPSA) is 137 Å². The molecule has 2 aromatic rings. The van der Waals surface area contributed by atoms with Crippen molar-refractivity contribution in [3.05, 3.63) is 71.3 Å². The van der Waals surface area contributed by atoms with Gasteiger partial charge in [0.25, 0.3) is 5.09 Å². The molecule has 2 aliphatic rings. The molecule has 4 rings (SSSR count). The Balaban J connectivity index is 0.000000215. The van der Waals surface area contributed by atoms with Gasteiger partial charge in [0.2, 0.25) is 0 Å². The Morgan fingerprint density at radius 2 is 1.63 bits per heavy atom. The molecular formula is C20H27N3O7. The zero-order valence-corrected chi connectivity index (χ0v) is 16.5. The first-order chi connectivity index (χ1) is 14.5. The van der Waals surface area contributed by atoms with Gasteiger partial charge in [-0.05, 0) is 43.5 Å². The molecule has 2 saturated heterocycles. The van der Waals surface area contributed by atoms with E-state index in [9.17, 15) is 20.3 Å². The Bertz CT molecular complexity index is 625. The minimum Gasteiger partial charge on any atom is -0.388 e. The molecular weight excluding hydrogens is 394 g/mol. The summed E-state index contributed by atoms with van der Waals surface area (Å²) in [4.78, 5) is 21.7. The lowest BCUT2D eigenvalue weighted by Gasteiger charge is -2.26. The van der Waals surface area contributed by atoms with Crippen LogP contribution in [0.3, 0.4) is 0 Å². The highest BCUT2D eigenvalue weighted by atomic mass is 16.9. The number of aliphatic hydroxyl groups is 2. The van der Waals surface area contributed by atoms with E-state index in [1.165, 1.54) is 0 Å². The van der Waals surface area contributed by atoms with Gasteiger partial charge in [-0.15, -0.1) is 10.1 Å². The standard InChI is InChI=1S/C10H17NO7.2C5H5N/c12-7-5-16-9-8(7)17-6-10(9,13)3-1-2-4-18-11(14)15;2*1-2-4-6-5-3-1/h7-9,12-13H,1-6H2;2*1-5H/t7-,8+,9-,10-;;/m0../s1. The molecule has 0 bridgehead atoms. The van der Waals surface area contributed by atoms with Gasteiger partial charge in [-0.1, -0.05) is 12.1 Å². The number of unbranched alkanes of at least 4 members (excludes halogenated alkanes) is 1. The summed E-state index contributed by atoms with van der Waals surface area (Å²) in [5, 5.41) is 29.0. The minimum absolute atomic E-state index is 0.0154. The Kier molecular flexibility index (Phi) is 10.1. The molecule has 2 aromatic heterocycles. The molecule has 4 atom stereocenters. The first-order valence-corrected chi connectivity index (χ1v) is 9.64. The van der Waals surface area contributed by atoms with E-state index in [1.807, 2.05) is 36.4 Å². The van der Waals surface area contributed by atoms with Crippen molar-refractivity contribution in [3.8, 4) is 0 Å². The van der Waals surface area contributed by atoms with Crippen molar-refractivity contribution in [2.24, 2.45) is 0 Å². The van der Waals surface area contributed by atoms with Crippen LogP contribution in [-0.2, 0) is 14.3 Å². The van der Waals surface area contributed by atoms with Gasteiger partial charge in [-0.2, -0.15) is 0 Å². The van der Waals surface area contributed by atoms with E-state index < -0.39 is 29.0 Å². The van der Waals surface area contributed by atoms with Crippen LogP contribution < -0.4 is 0 Å². The van der Waals surface area contributed by atoms with Crippen molar-refractivity contribution in [1.29, 1.82) is 0 Å². The number of aliphatic hydroxyl groups excluding tert-OH is 1. The van der Waals surface area contributed by atoms with Crippen LogP contribution in [0.1, 0.15) is 19.3 Å². The van der Waals surface area contributed by atoms with Crippen LogP contribution in [0.2, 0.25) is 0 Å². The maximum Gasteiger partial charge on any atom is 0.294 e. The molecule has 2 aliphatic heterocycles. The number of rotatable bonds is 6. The molecule has 0 unspecified atom stereocenters. The Hall–Kier alpha value is -2.66. The highest BCUT2D eigenvalue weighted by Crippen LogP contribution is 2.37. The molecule has 0 saturated carbocycles. The molecule has 2 N–H and O–H groups in total. The van der Waals surface area contributed by atoms with Gasteiger partial charge in [0.15, 0.2) is 0 Å². The van der Waals surface area contributed by atoms with Crippen LogP contribution in [0.15, 0.2) is 61.2 Å². The highest BCUT2D eigenvalue weighted by Gasteiger charge is 2.55. The van der Waals surface area contributed by atoms with Crippen molar-refractivity contribution in [2.75, 3.05) is 19.8 Å². The molecule has 0 aromatic carbocycles. The molecule has 10 nitrogen and oxygen atoms in total. The first kappa shape index (κ1) is 23.6. The van der Waals surface area contributed by atoms with Crippen LogP contribution in [0, 0.1) is 10.1 Å². The lowest BCUT2D eigenvalue weighted by atomic mass is 9.90. The normalized spacial score (nSPS) is 26.4. The van der Waals surface area contributed by atoms with E-state index in [-0.39, 0.29) is 19.8 Å². The lowest BCUT2D eigenvalue weighted by Crippen LogP contribution is -2.43. The van der Waals surface area contributed by atoms with Crippen molar-refractivity contribution >= 4 is 0 Å². The summed E-state index contributed by atoms with van der Waals surface area (Å²) in [6, 6.07) is 11.4. The van der Waals surface area contributed by atoms with Crippen LogP contribution in [0.5, 0.6) is 0 Å². The van der Waals surface area contributed by atoms with E-state index in [4.69, 9.17) is 9.47 Å². The molecule has 30 heavy (non-hydrogen) atoms. The summed E-state index contributed by atoms with van der Waals surface area (Å²) >= 11 is 0. The number of pyridine rings is 2. The third-order valence-corrected chi connectivity index (χ3v) is 4.51. The van der Waals surface area contributed by atoms with Crippen molar-refractivity contribution < 1.29 is 29.6 Å². The monoisotopic (exact) mass is 421 g/mol. The van der Waals surface area contributed by atoms with E-state index in [2.05, 4.69) is 14.8 Å². The Morgan fingerprint density at radius 1 is 1.03 bits per heavy atom. The quantitative estimate of drug-likeness (QED) is 0.403. The van der Waals surface area contributed by atoms with E-state index >= 15 is 0 Å². The Labute approximate surface area is 174 Å². The summed E-state index contributed by atoms with van der Waals surface area (Å²) in [6.07, 6.45) is 6.78. The van der Waals surface area contributed by atoms with Gasteiger partial charge < -0.3 is 24.5 Å². The second-order valence-corrected chi connectivity index (χ2v) is 6.76. The van der Waals surface area contributed by atoms with E-state index in [0.717, 1.165) is 0 Å². The van der Waals surface area contributed by atoms with Crippen molar-refractivity contribution in [1.82, 2.24) is 9.97 Å². The van der Waals surface area contributed by atoms with Gasteiger partial charge in [0.1, 0.15) is 23.9 Å². The van der Waals surface area contributed by atoms with Crippen LogP contribution in [0.25, 0.3) is 0 Å². The first-order valence-electron chi connectivity index (χ1n) is 9.64. The molecule has 164 valence electrons. The average Bonchev–Trinajstić information content (AvgIpc) is 3.32. The Morgan fingerprint density at radius 3 is 2.10 bits per heavy atom. The van der Waals surface area contributed by atoms with Gasteiger partial charge in [-0.3, -0.25) is 9.97 Å². The summed E-state index contributed by atoms with van der Waals surface area (Å²) in [5.74, 6) is 0. The second-order valence-electron chi connectivity index (χ2n) is 6.76. The van der Waals surface area contributed by atoms with Gasteiger partial charge in [-0.25, -0.2) is 0 Å². The van der Waals surface area contributed by atoms with Crippen LogP contribution >= 0.6 is 0 Å². The minimum atomic E-state index is -1.11. The van der Waals surface area contributed by atoms with Gasteiger partial charge in [0.05, 0.1) is 19.8 Å². The molecule has 2 fully saturated rings. The fourth-order valence-corrected chi connectivity index (χ4v) is 3.09. The predicted octanol–water partition coefficient (Wildman–Crippen LogP) is 1.42. The predicted molar refractivity (Wildman–Crippen MR) is 106 cm³/mol. The van der Waals surface area contributed by atoms with Crippen molar-refractivity contribution in [3.63, 3.8) is 0 Å². The molecule has 4 heterocycles. The van der Waals surface area contributed by atoms with Gasteiger partial charge in [0, 0.05) is 24.8 Å². The summed E-state index contributed by atoms with van der Waals surface area (Å²) in [5.41, 5.74) is -1.11. The SMILES string of the molecule is O=[N+]([O-])OCCCC[C@]1(O)CO[C@@H]2[C@@H](O)CO[C@@H]21.c1ccncc1.c1ccncc1. The average molecular weight is 421 g/mol. The molecule has 0 amide bonds. The third-order valence-electron chi connectivity index (χ3n) is 4.51. The smallest absolute Gasteiger partial charge is 0.294 e. The number of aromatic nitrogens is 2. The lowest BCUT2D eigenvalue weighted by molar-refractivity contribution is -0.757. The highest BCUT2D eigenvalue weighted by molar-refractivity contribution is 5.03. The third kappa shape index (κ3) is 7.99. The van der Waals surface area contributed by atoms with Gasteiger partial charge >= 0.3 is 0 Å². The molecule has 10 heteroatoms. The zero-order valence-electron chi connectivity index (χ0n) is 16.5. The number of ether oxygens (including phenoxy) is 2. The summed E-state index contributed by atoms with van der Waals surface area (Å²) < 4.78 is 10.7. The zero-order chi connectivity index (χ0) is 21.7. The summed E-state index contributed by atoms with van der Waals surface area (Å²) in [6.45, 7) is 0.305.